The summed E-state index contributed by atoms with van der Waals surface area (Å²) in [6.07, 6.45) is 0. The Labute approximate surface area is 146 Å². The molecule has 0 aliphatic heterocycles. The lowest BCUT2D eigenvalue weighted by molar-refractivity contribution is -0.122. The van der Waals surface area contributed by atoms with E-state index < -0.39 is 5.69 Å². The van der Waals surface area contributed by atoms with Gasteiger partial charge in [-0.05, 0) is 60.3 Å². The van der Waals surface area contributed by atoms with Crippen molar-refractivity contribution in [3.63, 3.8) is 0 Å². The van der Waals surface area contributed by atoms with Crippen LogP contribution in [0.2, 0.25) is 0 Å². The fourth-order valence-electron chi connectivity index (χ4n) is 2.48. The Hall–Kier alpha value is -2.26. The van der Waals surface area contributed by atoms with E-state index in [1.807, 2.05) is 32.2 Å². The maximum absolute atomic E-state index is 12.2. The lowest BCUT2D eigenvalue weighted by Crippen LogP contribution is -2.34. The van der Waals surface area contributed by atoms with Gasteiger partial charge in [0.25, 0.3) is 0 Å². The van der Waals surface area contributed by atoms with Crippen LogP contribution in [-0.2, 0) is 11.3 Å². The van der Waals surface area contributed by atoms with Crippen molar-refractivity contribution in [1.82, 2.24) is 25.1 Å². The van der Waals surface area contributed by atoms with E-state index in [0.29, 0.717) is 5.00 Å². The number of nitrogens with zero attached hydrogens (tertiary/aromatic N) is 4. The van der Waals surface area contributed by atoms with E-state index in [1.54, 1.807) is 17.4 Å². The topological polar surface area (TPSA) is 81.8 Å². The molecule has 126 valence electrons. The number of tetrazole rings is 1. The number of aryl methyl sites for hydroxylation is 2. The molecule has 3 heterocycles. The number of hydrogen-bond acceptors (Lipinski definition) is 6. The second-order valence-electron chi connectivity index (χ2n) is 5.44. The quantitative estimate of drug-likeness (QED) is 0.752. The van der Waals surface area contributed by atoms with Crippen molar-refractivity contribution in [3.05, 3.63) is 49.4 Å². The van der Waals surface area contributed by atoms with Crippen LogP contribution in [0.25, 0.3) is 5.00 Å². The minimum Gasteiger partial charge on any atom is -0.348 e. The average molecular weight is 363 g/mol. The highest BCUT2D eigenvalue weighted by atomic mass is 32.1. The van der Waals surface area contributed by atoms with Gasteiger partial charge in [-0.25, -0.2) is 4.79 Å². The summed E-state index contributed by atoms with van der Waals surface area (Å²) >= 11 is 3.08. The van der Waals surface area contributed by atoms with E-state index in [0.717, 1.165) is 10.2 Å². The third-order valence-electron chi connectivity index (χ3n) is 3.57. The number of nitrogens with one attached hydrogen (secondary N) is 1. The van der Waals surface area contributed by atoms with E-state index in [-0.39, 0.29) is 18.5 Å². The monoisotopic (exact) mass is 363 g/mol. The zero-order chi connectivity index (χ0) is 17.3. The Kier molecular flexibility index (Phi) is 4.63. The molecule has 0 fully saturated rings. The number of aromatic nitrogens is 4. The van der Waals surface area contributed by atoms with Gasteiger partial charge < -0.3 is 5.32 Å². The van der Waals surface area contributed by atoms with Crippen molar-refractivity contribution >= 4 is 28.6 Å². The fourth-order valence-corrected chi connectivity index (χ4v) is 4.17. The molecular formula is C15H17N5O2S2. The Bertz CT molecular complexity index is 907. The maximum atomic E-state index is 12.2. The summed E-state index contributed by atoms with van der Waals surface area (Å²) in [5.41, 5.74) is 0.670. The number of hydrogen-bond donors (Lipinski definition) is 1. The van der Waals surface area contributed by atoms with Crippen molar-refractivity contribution < 1.29 is 4.79 Å². The first-order valence-corrected chi connectivity index (χ1v) is 9.08. The summed E-state index contributed by atoms with van der Waals surface area (Å²) < 4.78 is 2.25. The first kappa shape index (κ1) is 16.6. The fraction of sp³-hybridized carbons (Fsp3) is 0.333. The molecule has 24 heavy (non-hydrogen) atoms. The molecule has 3 aromatic heterocycles. The molecule has 0 radical (unpaired) electrons. The summed E-state index contributed by atoms with van der Waals surface area (Å²) in [5, 5.41) is 13.0. The molecule has 0 spiro atoms. The average Bonchev–Trinajstić information content (AvgIpc) is 3.21. The standard InChI is InChI=1S/C15H17N5O2S2/c1-9-7-12(11(3)24-9)10(2)16-13(21)8-19-15(22)20(18-17-19)14-5-4-6-23-14/h4-7,10H,8H2,1-3H3,(H,16,21)/t10-/m0/s1. The summed E-state index contributed by atoms with van der Waals surface area (Å²) in [4.78, 5) is 26.9. The maximum Gasteiger partial charge on any atom is 0.369 e. The van der Waals surface area contributed by atoms with Gasteiger partial charge in [-0.15, -0.1) is 22.7 Å². The van der Waals surface area contributed by atoms with Crippen molar-refractivity contribution in [2.45, 2.75) is 33.4 Å². The van der Waals surface area contributed by atoms with Crippen LogP contribution in [0.3, 0.4) is 0 Å². The molecule has 3 aromatic rings. The van der Waals surface area contributed by atoms with Gasteiger partial charge in [-0.3, -0.25) is 4.79 Å². The number of amides is 1. The Morgan fingerprint density at radius 2 is 2.17 bits per heavy atom. The first-order chi connectivity index (χ1) is 11.5. The molecule has 1 amide bonds. The molecule has 0 bridgehead atoms. The second-order valence-corrected chi connectivity index (χ2v) is 7.83. The van der Waals surface area contributed by atoms with Crippen LogP contribution in [0.1, 0.15) is 28.3 Å². The van der Waals surface area contributed by atoms with Gasteiger partial charge in [-0.1, -0.05) is 0 Å². The van der Waals surface area contributed by atoms with Crippen LogP contribution in [0, 0.1) is 13.8 Å². The smallest absolute Gasteiger partial charge is 0.348 e. The van der Waals surface area contributed by atoms with Crippen LogP contribution in [0.15, 0.2) is 28.4 Å². The number of carbonyl (C=O) groups excluding carboxylic acids is 1. The van der Waals surface area contributed by atoms with Gasteiger partial charge in [0.05, 0.1) is 6.04 Å². The van der Waals surface area contributed by atoms with E-state index >= 15 is 0 Å². The highest BCUT2D eigenvalue weighted by Crippen LogP contribution is 2.26. The van der Waals surface area contributed by atoms with Gasteiger partial charge in [0.2, 0.25) is 5.91 Å². The van der Waals surface area contributed by atoms with Crippen molar-refractivity contribution in [2.75, 3.05) is 0 Å². The lowest BCUT2D eigenvalue weighted by Gasteiger charge is -2.13. The van der Waals surface area contributed by atoms with Crippen molar-refractivity contribution in [2.24, 2.45) is 0 Å². The normalized spacial score (nSPS) is 12.3. The van der Waals surface area contributed by atoms with Gasteiger partial charge in [0.1, 0.15) is 11.5 Å². The minimum atomic E-state index is -0.428. The van der Waals surface area contributed by atoms with E-state index in [4.69, 9.17) is 0 Å². The third kappa shape index (κ3) is 3.31. The molecule has 9 heteroatoms. The molecule has 0 saturated carbocycles. The van der Waals surface area contributed by atoms with Gasteiger partial charge >= 0.3 is 5.69 Å². The van der Waals surface area contributed by atoms with Gasteiger partial charge in [0.15, 0.2) is 0 Å². The highest BCUT2D eigenvalue weighted by molar-refractivity contribution is 7.12. The predicted octanol–water partition coefficient (Wildman–Crippen LogP) is 2.05. The summed E-state index contributed by atoms with van der Waals surface area (Å²) in [6, 6.07) is 5.55. The lowest BCUT2D eigenvalue weighted by atomic mass is 10.1. The minimum absolute atomic E-state index is 0.120. The van der Waals surface area contributed by atoms with Crippen LogP contribution in [-0.4, -0.2) is 25.7 Å². The Balaban J connectivity index is 1.69. The summed E-state index contributed by atoms with van der Waals surface area (Å²) in [6.45, 7) is 5.85. The van der Waals surface area contributed by atoms with Crippen LogP contribution in [0.4, 0.5) is 0 Å². The zero-order valence-corrected chi connectivity index (χ0v) is 15.1. The Morgan fingerprint density at radius 1 is 1.38 bits per heavy atom. The van der Waals surface area contributed by atoms with E-state index in [2.05, 4.69) is 21.8 Å². The largest absolute Gasteiger partial charge is 0.369 e. The molecule has 1 atom stereocenters. The van der Waals surface area contributed by atoms with Crippen LogP contribution >= 0.6 is 22.7 Å². The highest BCUT2D eigenvalue weighted by Gasteiger charge is 2.17. The summed E-state index contributed by atoms with van der Waals surface area (Å²) in [5.74, 6) is -0.272. The summed E-state index contributed by atoms with van der Waals surface area (Å²) in [7, 11) is 0. The van der Waals surface area contributed by atoms with E-state index in [9.17, 15) is 9.59 Å². The molecule has 0 aromatic carbocycles. The second kappa shape index (κ2) is 6.70. The molecule has 0 aliphatic carbocycles. The van der Waals surface area contributed by atoms with Gasteiger partial charge in [0, 0.05) is 9.75 Å². The molecule has 7 nitrogen and oxygen atoms in total. The third-order valence-corrected chi connectivity index (χ3v) is 5.40. The predicted molar refractivity (Wildman–Crippen MR) is 93.8 cm³/mol. The molecule has 1 N–H and O–H groups in total. The number of rotatable bonds is 5. The van der Waals surface area contributed by atoms with Crippen molar-refractivity contribution in [3.8, 4) is 5.00 Å². The zero-order valence-electron chi connectivity index (χ0n) is 13.5. The molecule has 0 unspecified atom stereocenters. The van der Waals surface area contributed by atoms with Crippen LogP contribution in [0.5, 0.6) is 0 Å². The molecule has 3 rings (SSSR count). The van der Waals surface area contributed by atoms with E-state index in [1.165, 1.54) is 25.8 Å². The SMILES string of the molecule is Cc1cc([C@H](C)NC(=O)Cn2nnn(-c3cccs3)c2=O)c(C)s1. The molecule has 0 aliphatic rings. The molecular weight excluding hydrogens is 346 g/mol. The van der Waals surface area contributed by atoms with Crippen molar-refractivity contribution in [1.29, 1.82) is 0 Å². The number of thiophene rings is 2. The first-order valence-electron chi connectivity index (χ1n) is 7.38. The van der Waals surface area contributed by atoms with Crippen LogP contribution < -0.4 is 11.0 Å². The Morgan fingerprint density at radius 3 is 2.79 bits per heavy atom. The molecule has 0 saturated heterocycles. The number of carbonyl (C=O) groups is 1. The van der Waals surface area contributed by atoms with Gasteiger partial charge in [-0.2, -0.15) is 9.36 Å².